The van der Waals surface area contributed by atoms with Gasteiger partial charge in [0.15, 0.2) is 0 Å². The van der Waals surface area contributed by atoms with Crippen LogP contribution in [0.1, 0.15) is 0 Å². The molecule has 0 fully saturated rings. The van der Waals surface area contributed by atoms with Crippen LogP contribution < -0.4 is 5.56 Å². The minimum atomic E-state index is -0.230. The van der Waals surface area contributed by atoms with Crippen LogP contribution in [0.15, 0.2) is 33.7 Å². The Morgan fingerprint density at radius 2 is 2.33 bits per heavy atom. The zero-order valence-corrected chi connectivity index (χ0v) is 6.13. The molecule has 0 aliphatic carbocycles. The lowest BCUT2D eigenvalue weighted by Gasteiger charge is -1.70. The second kappa shape index (κ2) is 2.73. The first-order chi connectivity index (χ1) is 4.29. The Morgan fingerprint density at radius 3 is 3.11 bits per heavy atom. The molecule has 0 amide bonds. The van der Waals surface area contributed by atoms with Gasteiger partial charge in [-0.25, -0.2) is 4.98 Å². The fourth-order valence-electron chi connectivity index (χ4n) is 0.455. The van der Waals surface area contributed by atoms with Gasteiger partial charge in [0.1, 0.15) is 0 Å². The van der Waals surface area contributed by atoms with Crippen LogP contribution in [-0.2, 0) is 0 Å². The van der Waals surface area contributed by atoms with E-state index in [9.17, 15) is 4.79 Å². The summed E-state index contributed by atoms with van der Waals surface area (Å²) >= 11 is 3.15. The Balaban J connectivity index is 3.37. The summed E-state index contributed by atoms with van der Waals surface area (Å²) in [5, 5.41) is 0. The van der Waals surface area contributed by atoms with E-state index in [1.54, 1.807) is 12.1 Å². The Kier molecular flexibility index (Phi) is 1.95. The first-order valence-electron chi connectivity index (χ1n) is 2.41. The van der Waals surface area contributed by atoms with Crippen LogP contribution in [0.4, 0.5) is 0 Å². The van der Waals surface area contributed by atoms with Crippen molar-refractivity contribution in [3.8, 4) is 0 Å². The molecule has 0 saturated carbocycles. The molecule has 9 heavy (non-hydrogen) atoms. The highest BCUT2D eigenvalue weighted by Gasteiger charge is 1.81. The summed E-state index contributed by atoms with van der Waals surface area (Å²) in [5.41, 5.74) is -0.230. The van der Waals surface area contributed by atoms with Crippen molar-refractivity contribution in [2.24, 2.45) is 0 Å². The van der Waals surface area contributed by atoms with Gasteiger partial charge in [0, 0.05) is 16.7 Å². The van der Waals surface area contributed by atoms with Crippen molar-refractivity contribution >= 4 is 15.9 Å². The second-order valence-electron chi connectivity index (χ2n) is 1.50. The van der Waals surface area contributed by atoms with Gasteiger partial charge in [-0.1, -0.05) is 15.9 Å². The molecule has 0 N–H and O–H groups in total. The van der Waals surface area contributed by atoms with Gasteiger partial charge in [-0.2, -0.15) is 0 Å². The van der Waals surface area contributed by atoms with E-state index in [2.05, 4.69) is 20.9 Å². The number of hydrogen-bond donors (Lipinski definition) is 0. The van der Waals surface area contributed by atoms with E-state index in [1.165, 1.54) is 12.3 Å². The van der Waals surface area contributed by atoms with Crippen molar-refractivity contribution in [2.45, 2.75) is 0 Å². The predicted octanol–water partition coefficient (Wildman–Crippen LogP) is 1.20. The van der Waals surface area contributed by atoms with Crippen molar-refractivity contribution in [3.05, 3.63) is 39.2 Å². The average Bonchev–Trinajstić information content (AvgIpc) is 1.93. The van der Waals surface area contributed by atoms with Crippen molar-refractivity contribution in [1.82, 2.24) is 4.98 Å². The summed E-state index contributed by atoms with van der Waals surface area (Å²) in [6.07, 6.45) is 1.47. The van der Waals surface area contributed by atoms with Gasteiger partial charge in [0.2, 0.25) is 0 Å². The maximum atomic E-state index is 10.5. The van der Waals surface area contributed by atoms with Gasteiger partial charge in [-0.3, -0.25) is 4.79 Å². The molecule has 46 valence electrons. The molecule has 3 heteroatoms. The molecule has 0 radical (unpaired) electrons. The first kappa shape index (κ1) is 6.42. The maximum Gasteiger partial charge on any atom is 0.270 e. The Morgan fingerprint density at radius 1 is 1.56 bits per heavy atom. The quantitative estimate of drug-likeness (QED) is 0.609. The summed E-state index contributed by atoms with van der Waals surface area (Å²) in [5.74, 6) is 0. The summed E-state index contributed by atoms with van der Waals surface area (Å²) in [4.78, 5) is 14.1. The minimum Gasteiger partial charge on any atom is -0.267 e. The topological polar surface area (TPSA) is 30.0 Å². The van der Waals surface area contributed by atoms with E-state index in [1.807, 2.05) is 0 Å². The molecular weight excluding hydrogens is 182 g/mol. The molecule has 1 rings (SSSR count). The molecule has 1 aromatic rings. The molecule has 0 bridgehead atoms. The molecule has 0 aliphatic heterocycles. The zero-order chi connectivity index (χ0) is 6.69. The van der Waals surface area contributed by atoms with Gasteiger partial charge >= 0.3 is 0 Å². The van der Waals surface area contributed by atoms with Crippen molar-refractivity contribution in [1.29, 1.82) is 0 Å². The van der Waals surface area contributed by atoms with E-state index in [-0.39, 0.29) is 5.56 Å². The minimum absolute atomic E-state index is 0.230. The summed E-state index contributed by atoms with van der Waals surface area (Å²) < 4.78 is 0.755. The molecular formula is C6H4BrNO. The molecule has 1 aromatic heterocycles. The number of halogens is 1. The van der Waals surface area contributed by atoms with Gasteiger partial charge in [0.25, 0.3) is 5.56 Å². The van der Waals surface area contributed by atoms with Crippen LogP contribution >= 0.6 is 15.9 Å². The smallest absolute Gasteiger partial charge is 0.267 e. The lowest BCUT2D eigenvalue weighted by atomic mass is 10.5. The number of rotatable bonds is 0. The third-order valence-electron chi connectivity index (χ3n) is 0.805. The normalized spacial score (nSPS) is 9.00. The highest BCUT2D eigenvalue weighted by Crippen LogP contribution is 2.01. The van der Waals surface area contributed by atoms with E-state index < -0.39 is 0 Å². The van der Waals surface area contributed by atoms with Crippen LogP contribution in [0.3, 0.4) is 0 Å². The Labute approximate surface area is 60.7 Å². The van der Waals surface area contributed by atoms with Crippen LogP contribution in [0, 0.1) is 0 Å². The second-order valence-corrected chi connectivity index (χ2v) is 2.42. The van der Waals surface area contributed by atoms with E-state index in [0.29, 0.717) is 0 Å². The largest absolute Gasteiger partial charge is 0.270 e. The average molecular weight is 186 g/mol. The molecule has 1 heterocycles. The number of aromatic nitrogens is 1. The monoisotopic (exact) mass is 185 g/mol. The molecule has 0 spiro atoms. The first-order valence-corrected chi connectivity index (χ1v) is 3.20. The van der Waals surface area contributed by atoms with Crippen LogP contribution in [0.2, 0.25) is 0 Å². The van der Waals surface area contributed by atoms with Crippen LogP contribution in [-0.4, -0.2) is 4.98 Å². The molecule has 0 atom stereocenters. The zero-order valence-electron chi connectivity index (χ0n) is 4.54. The highest BCUT2D eigenvalue weighted by molar-refractivity contribution is 9.10. The summed E-state index contributed by atoms with van der Waals surface area (Å²) in [6.45, 7) is 0. The number of hydrogen-bond acceptors (Lipinski definition) is 2. The SMILES string of the molecule is O=c1cc(Br)cccn1. The summed E-state index contributed by atoms with van der Waals surface area (Å²) in [7, 11) is 0. The Hall–Kier alpha value is -0.700. The molecule has 0 unspecified atom stereocenters. The third-order valence-corrected chi connectivity index (χ3v) is 1.30. The van der Waals surface area contributed by atoms with Crippen LogP contribution in [0.25, 0.3) is 0 Å². The molecule has 0 saturated heterocycles. The van der Waals surface area contributed by atoms with Crippen LogP contribution in [0.5, 0.6) is 0 Å². The fourth-order valence-corrected chi connectivity index (χ4v) is 0.803. The standard InChI is InChI=1S/C6H4BrNO/c7-5-2-1-3-8-6(9)4-5/h1-4H. The third kappa shape index (κ3) is 1.93. The Bertz CT molecular complexity index is 261. The van der Waals surface area contributed by atoms with Gasteiger partial charge in [0.05, 0.1) is 0 Å². The lowest BCUT2D eigenvalue weighted by Crippen LogP contribution is -1.96. The van der Waals surface area contributed by atoms with Crippen molar-refractivity contribution in [2.75, 3.05) is 0 Å². The van der Waals surface area contributed by atoms with E-state index in [4.69, 9.17) is 0 Å². The van der Waals surface area contributed by atoms with Gasteiger partial charge in [-0.15, -0.1) is 0 Å². The van der Waals surface area contributed by atoms with Gasteiger partial charge < -0.3 is 0 Å². The van der Waals surface area contributed by atoms with E-state index >= 15 is 0 Å². The van der Waals surface area contributed by atoms with E-state index in [0.717, 1.165) is 4.47 Å². The predicted molar refractivity (Wildman–Crippen MR) is 38.2 cm³/mol. The lowest BCUT2D eigenvalue weighted by molar-refractivity contribution is 1.27. The molecule has 0 aromatic carbocycles. The number of nitrogens with zero attached hydrogens (tertiary/aromatic N) is 1. The molecule has 0 aliphatic rings. The van der Waals surface area contributed by atoms with Crippen molar-refractivity contribution < 1.29 is 0 Å². The van der Waals surface area contributed by atoms with Gasteiger partial charge in [-0.05, 0) is 12.1 Å². The van der Waals surface area contributed by atoms with Crippen molar-refractivity contribution in [3.63, 3.8) is 0 Å². The fraction of sp³-hybridized carbons (Fsp3) is 0. The summed E-state index contributed by atoms with van der Waals surface area (Å²) in [6, 6.07) is 4.87. The molecule has 2 nitrogen and oxygen atoms in total. The maximum absolute atomic E-state index is 10.5. The highest BCUT2D eigenvalue weighted by atomic mass is 79.9.